The average molecular weight is 258 g/mol. The van der Waals surface area contributed by atoms with Crippen LogP contribution in [0.1, 0.15) is 18.0 Å². The van der Waals surface area contributed by atoms with E-state index in [4.69, 9.17) is 9.47 Å². The molecule has 1 unspecified atom stereocenters. The van der Waals surface area contributed by atoms with E-state index < -0.39 is 0 Å². The summed E-state index contributed by atoms with van der Waals surface area (Å²) in [5.74, 6) is 0.867. The Kier molecular flexibility index (Phi) is 3.62. The summed E-state index contributed by atoms with van der Waals surface area (Å²) in [6, 6.07) is 8.42. The zero-order valence-electron chi connectivity index (χ0n) is 11.1. The van der Waals surface area contributed by atoms with Gasteiger partial charge in [0.1, 0.15) is 5.75 Å². The summed E-state index contributed by atoms with van der Waals surface area (Å²) >= 11 is 0. The van der Waals surface area contributed by atoms with E-state index in [1.54, 1.807) is 7.11 Å². The minimum atomic E-state index is 0.320. The van der Waals surface area contributed by atoms with Gasteiger partial charge in [-0.25, -0.2) is 0 Å². The second-order valence-corrected chi connectivity index (χ2v) is 4.69. The molecule has 1 aliphatic heterocycles. The Morgan fingerprint density at radius 2 is 2.26 bits per heavy atom. The summed E-state index contributed by atoms with van der Waals surface area (Å²) in [5.41, 5.74) is 2.28. The highest BCUT2D eigenvalue weighted by molar-refractivity contribution is 5.84. The highest BCUT2D eigenvalue weighted by Gasteiger charge is 2.16. The number of benzene rings is 1. The van der Waals surface area contributed by atoms with Gasteiger partial charge < -0.3 is 14.8 Å². The van der Waals surface area contributed by atoms with E-state index in [-0.39, 0.29) is 0 Å². The van der Waals surface area contributed by atoms with Crippen molar-refractivity contribution in [2.24, 2.45) is 0 Å². The van der Waals surface area contributed by atoms with Crippen LogP contribution in [0, 0.1) is 0 Å². The molecule has 2 heterocycles. The zero-order valence-corrected chi connectivity index (χ0v) is 11.1. The highest BCUT2D eigenvalue weighted by Crippen LogP contribution is 2.28. The van der Waals surface area contributed by atoms with Crippen LogP contribution in [-0.2, 0) is 4.74 Å². The Bertz CT molecular complexity index is 563. The predicted molar refractivity (Wildman–Crippen MR) is 74.5 cm³/mol. The molecule has 4 nitrogen and oxygen atoms in total. The first kappa shape index (κ1) is 12.4. The normalized spacial score (nSPS) is 20.2. The second kappa shape index (κ2) is 5.55. The SMILES string of the molecule is COc1ccc2nccc(C3CCOCCN3)c2c1. The van der Waals surface area contributed by atoms with E-state index in [2.05, 4.69) is 22.4 Å². The first-order valence-corrected chi connectivity index (χ1v) is 6.62. The molecule has 0 amide bonds. The molecule has 0 spiro atoms. The van der Waals surface area contributed by atoms with Gasteiger partial charge in [-0.05, 0) is 36.2 Å². The summed E-state index contributed by atoms with van der Waals surface area (Å²) in [7, 11) is 1.69. The molecular weight excluding hydrogens is 240 g/mol. The molecule has 1 saturated heterocycles. The molecule has 1 aliphatic rings. The lowest BCUT2D eigenvalue weighted by atomic mass is 9.99. The van der Waals surface area contributed by atoms with Gasteiger partial charge in [-0.15, -0.1) is 0 Å². The smallest absolute Gasteiger partial charge is 0.119 e. The second-order valence-electron chi connectivity index (χ2n) is 4.69. The fourth-order valence-corrected chi connectivity index (χ4v) is 2.55. The minimum Gasteiger partial charge on any atom is -0.497 e. The van der Waals surface area contributed by atoms with E-state index >= 15 is 0 Å². The lowest BCUT2D eigenvalue weighted by molar-refractivity contribution is 0.150. The van der Waals surface area contributed by atoms with Crippen LogP contribution in [-0.4, -0.2) is 31.9 Å². The van der Waals surface area contributed by atoms with Gasteiger partial charge in [-0.2, -0.15) is 0 Å². The number of hydrogen-bond donors (Lipinski definition) is 1. The maximum atomic E-state index is 5.50. The van der Waals surface area contributed by atoms with E-state index in [0.29, 0.717) is 6.04 Å². The molecule has 1 N–H and O–H groups in total. The molecular formula is C15H18N2O2. The highest BCUT2D eigenvalue weighted by atomic mass is 16.5. The number of nitrogens with one attached hydrogen (secondary N) is 1. The Morgan fingerprint density at radius 3 is 3.16 bits per heavy atom. The number of aromatic nitrogens is 1. The average Bonchev–Trinajstić information content (AvgIpc) is 2.75. The summed E-state index contributed by atoms with van der Waals surface area (Å²) in [6.45, 7) is 2.47. The quantitative estimate of drug-likeness (QED) is 0.897. The van der Waals surface area contributed by atoms with E-state index in [0.717, 1.165) is 42.8 Å². The van der Waals surface area contributed by atoms with Crippen LogP contribution in [0.5, 0.6) is 5.75 Å². The lowest BCUT2D eigenvalue weighted by Crippen LogP contribution is -2.22. The summed E-state index contributed by atoms with van der Waals surface area (Å²) in [4.78, 5) is 4.42. The number of fused-ring (bicyclic) bond motifs is 1. The third-order valence-corrected chi connectivity index (χ3v) is 3.55. The van der Waals surface area contributed by atoms with Crippen molar-refractivity contribution >= 4 is 10.9 Å². The van der Waals surface area contributed by atoms with Crippen molar-refractivity contribution < 1.29 is 9.47 Å². The molecule has 0 aliphatic carbocycles. The number of nitrogens with zero attached hydrogens (tertiary/aromatic N) is 1. The molecule has 1 fully saturated rings. The van der Waals surface area contributed by atoms with E-state index in [1.165, 1.54) is 5.56 Å². The third kappa shape index (κ3) is 2.55. The van der Waals surface area contributed by atoms with Crippen LogP contribution in [0.3, 0.4) is 0 Å². The van der Waals surface area contributed by atoms with Crippen molar-refractivity contribution in [3.63, 3.8) is 0 Å². The van der Waals surface area contributed by atoms with Crippen LogP contribution in [0.25, 0.3) is 10.9 Å². The number of rotatable bonds is 2. The van der Waals surface area contributed by atoms with Crippen LogP contribution < -0.4 is 10.1 Å². The van der Waals surface area contributed by atoms with Gasteiger partial charge in [0.25, 0.3) is 0 Å². The number of ether oxygens (including phenoxy) is 2. The van der Waals surface area contributed by atoms with Crippen LogP contribution >= 0.6 is 0 Å². The Labute approximate surface area is 112 Å². The molecule has 1 aromatic carbocycles. The molecule has 4 heteroatoms. The molecule has 0 saturated carbocycles. The van der Waals surface area contributed by atoms with Gasteiger partial charge in [0.05, 0.1) is 19.2 Å². The fourth-order valence-electron chi connectivity index (χ4n) is 2.55. The monoisotopic (exact) mass is 258 g/mol. The maximum absolute atomic E-state index is 5.50. The number of hydrogen-bond acceptors (Lipinski definition) is 4. The number of methoxy groups -OCH3 is 1. The number of pyridine rings is 1. The molecule has 2 aromatic rings. The van der Waals surface area contributed by atoms with Crippen LogP contribution in [0.15, 0.2) is 30.5 Å². The molecule has 1 aromatic heterocycles. The van der Waals surface area contributed by atoms with Gasteiger partial charge in [0.15, 0.2) is 0 Å². The van der Waals surface area contributed by atoms with Gasteiger partial charge in [-0.3, -0.25) is 4.98 Å². The fraction of sp³-hybridized carbons (Fsp3) is 0.400. The van der Waals surface area contributed by atoms with E-state index in [1.807, 2.05) is 18.3 Å². The minimum absolute atomic E-state index is 0.320. The molecule has 1 atom stereocenters. The van der Waals surface area contributed by atoms with Crippen molar-refractivity contribution in [3.8, 4) is 5.75 Å². The zero-order chi connectivity index (χ0) is 13.1. The molecule has 19 heavy (non-hydrogen) atoms. The molecule has 0 radical (unpaired) electrons. The molecule has 0 bridgehead atoms. The summed E-state index contributed by atoms with van der Waals surface area (Å²) in [6.07, 6.45) is 2.86. The topological polar surface area (TPSA) is 43.4 Å². The standard InChI is InChI=1S/C15H18N2O2/c1-18-11-2-3-14-13(10-11)12(4-6-16-14)15-5-8-19-9-7-17-15/h2-4,6,10,15,17H,5,7-9H2,1H3. The van der Waals surface area contributed by atoms with Gasteiger partial charge in [0, 0.05) is 30.8 Å². The van der Waals surface area contributed by atoms with E-state index in [9.17, 15) is 0 Å². The van der Waals surface area contributed by atoms with Gasteiger partial charge in [0.2, 0.25) is 0 Å². The maximum Gasteiger partial charge on any atom is 0.119 e. The summed E-state index contributed by atoms with van der Waals surface area (Å²) < 4.78 is 10.8. The van der Waals surface area contributed by atoms with Crippen molar-refractivity contribution in [1.29, 1.82) is 0 Å². The molecule has 100 valence electrons. The first-order valence-electron chi connectivity index (χ1n) is 6.62. The van der Waals surface area contributed by atoms with Crippen molar-refractivity contribution in [2.45, 2.75) is 12.5 Å². The Hall–Kier alpha value is -1.65. The van der Waals surface area contributed by atoms with Crippen LogP contribution in [0.2, 0.25) is 0 Å². The third-order valence-electron chi connectivity index (χ3n) is 3.55. The largest absolute Gasteiger partial charge is 0.497 e. The lowest BCUT2D eigenvalue weighted by Gasteiger charge is -2.17. The summed E-state index contributed by atoms with van der Waals surface area (Å²) in [5, 5.41) is 4.69. The Morgan fingerprint density at radius 1 is 1.32 bits per heavy atom. The molecule has 3 rings (SSSR count). The van der Waals surface area contributed by atoms with Crippen molar-refractivity contribution in [1.82, 2.24) is 10.3 Å². The first-order chi connectivity index (χ1) is 9.38. The van der Waals surface area contributed by atoms with Gasteiger partial charge >= 0.3 is 0 Å². The van der Waals surface area contributed by atoms with Crippen LogP contribution in [0.4, 0.5) is 0 Å². The van der Waals surface area contributed by atoms with Crippen molar-refractivity contribution in [2.75, 3.05) is 26.9 Å². The van der Waals surface area contributed by atoms with Gasteiger partial charge in [-0.1, -0.05) is 0 Å². The van der Waals surface area contributed by atoms with Crippen molar-refractivity contribution in [3.05, 3.63) is 36.0 Å². The Balaban J connectivity index is 2.05. The predicted octanol–water partition coefficient (Wildman–Crippen LogP) is 2.29.